The molecule has 162 valence electrons. The number of esters is 1. The summed E-state index contributed by atoms with van der Waals surface area (Å²) >= 11 is 0. The molecule has 7 heteroatoms. The van der Waals surface area contributed by atoms with E-state index in [0.717, 1.165) is 19.3 Å². The number of benzene rings is 2. The van der Waals surface area contributed by atoms with E-state index in [-0.39, 0.29) is 18.6 Å². The zero-order valence-electron chi connectivity index (χ0n) is 17.5. The molecule has 3 rings (SSSR count). The molecular weight excluding hydrogens is 396 g/mol. The van der Waals surface area contributed by atoms with Gasteiger partial charge in [-0.25, -0.2) is 4.79 Å². The minimum atomic E-state index is -1.29. The third kappa shape index (κ3) is 6.01. The average molecular weight is 422 g/mol. The van der Waals surface area contributed by atoms with Crippen LogP contribution in [-0.2, 0) is 27.2 Å². The quantitative estimate of drug-likeness (QED) is 0.527. The monoisotopic (exact) mass is 422 g/mol. The van der Waals surface area contributed by atoms with Gasteiger partial charge in [0.25, 0.3) is 5.91 Å². The molecule has 0 aliphatic heterocycles. The fourth-order valence-corrected chi connectivity index (χ4v) is 3.60. The molecule has 1 atom stereocenters. The van der Waals surface area contributed by atoms with Crippen molar-refractivity contribution in [1.82, 2.24) is 10.6 Å². The largest absolute Gasteiger partial charge is 0.447 e. The molecule has 0 fully saturated rings. The Labute approximate surface area is 181 Å². The first kappa shape index (κ1) is 22.2. The van der Waals surface area contributed by atoms with Gasteiger partial charge in [-0.2, -0.15) is 0 Å². The van der Waals surface area contributed by atoms with Crippen LogP contribution in [0.2, 0.25) is 0 Å². The highest BCUT2D eigenvalue weighted by molar-refractivity contribution is 5.99. The first-order valence-corrected chi connectivity index (χ1v) is 10.4. The lowest BCUT2D eigenvalue weighted by Gasteiger charge is -2.18. The van der Waals surface area contributed by atoms with Crippen LogP contribution in [0, 0.1) is 0 Å². The van der Waals surface area contributed by atoms with E-state index in [9.17, 15) is 19.2 Å². The van der Waals surface area contributed by atoms with E-state index in [0.29, 0.717) is 11.1 Å². The van der Waals surface area contributed by atoms with Gasteiger partial charge in [0.1, 0.15) is 0 Å². The summed E-state index contributed by atoms with van der Waals surface area (Å²) in [5.41, 5.74) is 3.51. The molecule has 1 aliphatic carbocycles. The van der Waals surface area contributed by atoms with Gasteiger partial charge in [-0.3, -0.25) is 19.7 Å². The number of carbonyl (C=O) groups excluding carboxylic acids is 4. The van der Waals surface area contributed by atoms with E-state index in [4.69, 9.17) is 4.74 Å². The van der Waals surface area contributed by atoms with Crippen molar-refractivity contribution < 1.29 is 23.9 Å². The Balaban J connectivity index is 1.62. The summed E-state index contributed by atoms with van der Waals surface area (Å²) in [6.45, 7) is 0. The standard InChI is InChI=1S/C24H26N2O5/c1-25-24(30)26-23(29)22(17-8-3-2-4-9-17)31-21(28)14-13-20(27)19-12-11-16-7-5-6-10-18(16)15-19/h2-4,8-9,11-12,15,22H,5-7,10,13-14H2,1H3,(H2,25,26,29,30). The van der Waals surface area contributed by atoms with E-state index in [2.05, 4.69) is 10.6 Å². The average Bonchev–Trinajstić information content (AvgIpc) is 2.81. The second-order valence-corrected chi connectivity index (χ2v) is 7.46. The summed E-state index contributed by atoms with van der Waals surface area (Å²) in [6.07, 6.45) is 2.83. The zero-order chi connectivity index (χ0) is 22.2. The number of urea groups is 1. The number of ketones is 1. The Morgan fingerprint density at radius 3 is 2.35 bits per heavy atom. The van der Waals surface area contributed by atoms with Gasteiger partial charge < -0.3 is 10.1 Å². The molecule has 0 spiro atoms. The third-order valence-electron chi connectivity index (χ3n) is 5.28. The number of hydrogen-bond donors (Lipinski definition) is 2. The Hall–Kier alpha value is -3.48. The number of amides is 3. The molecule has 7 nitrogen and oxygen atoms in total. The fourth-order valence-electron chi connectivity index (χ4n) is 3.60. The second-order valence-electron chi connectivity index (χ2n) is 7.46. The van der Waals surface area contributed by atoms with Crippen LogP contribution in [0.5, 0.6) is 0 Å². The lowest BCUT2D eigenvalue weighted by atomic mass is 9.89. The zero-order valence-corrected chi connectivity index (χ0v) is 17.5. The molecule has 0 aromatic heterocycles. The lowest BCUT2D eigenvalue weighted by Crippen LogP contribution is -2.41. The summed E-state index contributed by atoms with van der Waals surface area (Å²) in [5, 5.41) is 4.40. The van der Waals surface area contributed by atoms with E-state index in [1.165, 1.54) is 24.6 Å². The summed E-state index contributed by atoms with van der Waals surface area (Å²) in [4.78, 5) is 48.9. The first-order valence-electron chi connectivity index (χ1n) is 10.4. The van der Waals surface area contributed by atoms with Crippen molar-refractivity contribution in [3.8, 4) is 0 Å². The predicted octanol–water partition coefficient (Wildman–Crippen LogP) is 3.27. The SMILES string of the molecule is CNC(=O)NC(=O)C(OC(=O)CCC(=O)c1ccc2c(c1)CCCC2)c1ccccc1. The molecule has 0 bridgehead atoms. The number of imide groups is 1. The maximum absolute atomic E-state index is 12.6. The van der Waals surface area contributed by atoms with Gasteiger partial charge in [-0.15, -0.1) is 0 Å². The molecule has 0 radical (unpaired) electrons. The maximum atomic E-state index is 12.6. The Bertz CT molecular complexity index is 971. The first-order chi connectivity index (χ1) is 15.0. The van der Waals surface area contributed by atoms with Crippen molar-refractivity contribution in [3.05, 3.63) is 70.8 Å². The van der Waals surface area contributed by atoms with Crippen LogP contribution >= 0.6 is 0 Å². The van der Waals surface area contributed by atoms with Gasteiger partial charge in [0, 0.05) is 24.6 Å². The molecule has 0 saturated carbocycles. The molecular formula is C24H26N2O5. The van der Waals surface area contributed by atoms with Crippen molar-refractivity contribution in [2.45, 2.75) is 44.6 Å². The predicted molar refractivity (Wildman–Crippen MR) is 115 cm³/mol. The summed E-state index contributed by atoms with van der Waals surface area (Å²) in [7, 11) is 1.37. The fraction of sp³-hybridized carbons (Fsp3) is 0.333. The Morgan fingerprint density at radius 2 is 1.65 bits per heavy atom. The highest BCUT2D eigenvalue weighted by Gasteiger charge is 2.26. The molecule has 1 unspecified atom stereocenters. The maximum Gasteiger partial charge on any atom is 0.321 e. The molecule has 0 heterocycles. The number of rotatable bonds is 7. The van der Waals surface area contributed by atoms with Crippen LogP contribution in [0.15, 0.2) is 48.5 Å². The van der Waals surface area contributed by atoms with E-state index in [1.807, 2.05) is 12.1 Å². The van der Waals surface area contributed by atoms with Crippen LogP contribution in [0.3, 0.4) is 0 Å². The van der Waals surface area contributed by atoms with Crippen LogP contribution in [0.4, 0.5) is 4.79 Å². The number of fused-ring (bicyclic) bond motifs is 1. The topological polar surface area (TPSA) is 102 Å². The number of nitrogens with one attached hydrogen (secondary N) is 2. The Morgan fingerprint density at radius 1 is 0.935 bits per heavy atom. The van der Waals surface area contributed by atoms with Crippen molar-refractivity contribution >= 4 is 23.7 Å². The number of Topliss-reactive ketones (excluding diaryl/α,β-unsaturated/α-hetero) is 1. The van der Waals surface area contributed by atoms with E-state index >= 15 is 0 Å². The number of ether oxygens (including phenoxy) is 1. The summed E-state index contributed by atoms with van der Waals surface area (Å²) in [6, 6.07) is 13.4. The molecule has 2 N–H and O–H groups in total. The van der Waals surface area contributed by atoms with Crippen LogP contribution < -0.4 is 10.6 Å². The van der Waals surface area contributed by atoms with Crippen molar-refractivity contribution in [2.75, 3.05) is 7.05 Å². The third-order valence-corrected chi connectivity index (χ3v) is 5.28. The van der Waals surface area contributed by atoms with Crippen LogP contribution in [-0.4, -0.2) is 30.7 Å². The smallest absolute Gasteiger partial charge is 0.321 e. The highest BCUT2D eigenvalue weighted by Crippen LogP contribution is 2.23. The van der Waals surface area contributed by atoms with Gasteiger partial charge in [0.2, 0.25) is 6.10 Å². The number of hydrogen-bond acceptors (Lipinski definition) is 5. The lowest BCUT2D eigenvalue weighted by molar-refractivity contribution is -0.156. The molecule has 2 aromatic rings. The van der Waals surface area contributed by atoms with Gasteiger partial charge in [0.15, 0.2) is 5.78 Å². The number of aryl methyl sites for hydroxylation is 2. The number of carbonyl (C=O) groups is 4. The van der Waals surface area contributed by atoms with Crippen LogP contribution in [0.25, 0.3) is 0 Å². The van der Waals surface area contributed by atoms with Crippen molar-refractivity contribution in [3.63, 3.8) is 0 Å². The van der Waals surface area contributed by atoms with Gasteiger partial charge in [0.05, 0.1) is 6.42 Å². The van der Waals surface area contributed by atoms with Gasteiger partial charge in [-0.05, 0) is 42.9 Å². The minimum absolute atomic E-state index is 0.0177. The minimum Gasteiger partial charge on any atom is -0.447 e. The molecule has 3 amide bonds. The van der Waals surface area contributed by atoms with Crippen molar-refractivity contribution in [2.24, 2.45) is 0 Å². The van der Waals surface area contributed by atoms with Gasteiger partial charge >= 0.3 is 12.0 Å². The van der Waals surface area contributed by atoms with Crippen LogP contribution in [0.1, 0.15) is 58.8 Å². The molecule has 1 aliphatic rings. The Kier molecular flexibility index (Phi) is 7.54. The second kappa shape index (κ2) is 10.5. The summed E-state index contributed by atoms with van der Waals surface area (Å²) in [5.74, 6) is -1.59. The molecule has 31 heavy (non-hydrogen) atoms. The van der Waals surface area contributed by atoms with Crippen molar-refractivity contribution in [1.29, 1.82) is 0 Å². The van der Waals surface area contributed by atoms with Gasteiger partial charge in [-0.1, -0.05) is 42.5 Å². The summed E-state index contributed by atoms with van der Waals surface area (Å²) < 4.78 is 5.34. The normalized spacial score (nSPS) is 13.5. The highest BCUT2D eigenvalue weighted by atomic mass is 16.5. The molecule has 2 aromatic carbocycles. The van der Waals surface area contributed by atoms with E-state index in [1.54, 1.807) is 36.4 Å². The van der Waals surface area contributed by atoms with E-state index < -0.39 is 24.0 Å². The molecule has 0 saturated heterocycles.